The van der Waals surface area contributed by atoms with Crippen LogP contribution in [0.15, 0.2) is 12.1 Å². The van der Waals surface area contributed by atoms with Gasteiger partial charge in [-0.05, 0) is 23.6 Å². The summed E-state index contributed by atoms with van der Waals surface area (Å²) in [5.41, 5.74) is 1.28. The summed E-state index contributed by atoms with van der Waals surface area (Å²) in [5.74, 6) is 1.03. The molecule has 1 aromatic heterocycles. The molecule has 2 aromatic rings. The molecule has 23 heavy (non-hydrogen) atoms. The molecule has 1 aliphatic rings. The van der Waals surface area contributed by atoms with Crippen molar-refractivity contribution in [3.8, 4) is 5.88 Å². The van der Waals surface area contributed by atoms with Crippen molar-refractivity contribution in [3.05, 3.63) is 29.3 Å². The van der Waals surface area contributed by atoms with Gasteiger partial charge in [-0.2, -0.15) is 4.98 Å². The Kier molecular flexibility index (Phi) is 4.76. The van der Waals surface area contributed by atoms with E-state index in [2.05, 4.69) is 9.97 Å². The molecule has 0 N–H and O–H groups in total. The molecule has 1 aromatic carbocycles. The number of aryl methyl sites for hydroxylation is 1. The van der Waals surface area contributed by atoms with E-state index in [4.69, 9.17) is 9.47 Å². The van der Waals surface area contributed by atoms with E-state index in [0.29, 0.717) is 42.2 Å². The smallest absolute Gasteiger partial charge is 0.225 e. The highest BCUT2D eigenvalue weighted by atomic mass is 19.1. The fraction of sp³-hybridized carbons (Fsp3) is 0.556. The predicted octanol–water partition coefficient (Wildman–Crippen LogP) is 4.01. The van der Waals surface area contributed by atoms with Crippen molar-refractivity contribution < 1.29 is 13.9 Å². The Hall–Kier alpha value is -1.75. The molecule has 1 saturated heterocycles. The molecule has 0 saturated carbocycles. The van der Waals surface area contributed by atoms with E-state index in [-0.39, 0.29) is 17.8 Å². The number of nitrogens with zero attached hydrogens (tertiary/aromatic N) is 2. The van der Waals surface area contributed by atoms with Crippen molar-refractivity contribution in [3.63, 3.8) is 0 Å². The lowest BCUT2D eigenvalue weighted by Gasteiger charge is -2.23. The molecule has 0 bridgehead atoms. The third kappa shape index (κ3) is 3.44. The molecular weight excluding hydrogens is 295 g/mol. The number of hydrogen-bond donors (Lipinski definition) is 0. The SMILES string of the molecule is CCc1nc(OC2CCOCC2)c2cc(C(C)C)cc(F)c2n1. The topological polar surface area (TPSA) is 44.2 Å². The molecule has 0 unspecified atom stereocenters. The summed E-state index contributed by atoms with van der Waals surface area (Å²) in [6, 6.07) is 3.52. The highest BCUT2D eigenvalue weighted by Crippen LogP contribution is 2.30. The highest BCUT2D eigenvalue weighted by Gasteiger charge is 2.20. The normalized spacial score (nSPS) is 16.2. The van der Waals surface area contributed by atoms with Gasteiger partial charge in [0.15, 0.2) is 0 Å². The quantitative estimate of drug-likeness (QED) is 0.854. The first kappa shape index (κ1) is 16.1. The summed E-state index contributed by atoms with van der Waals surface area (Å²) < 4.78 is 26.0. The van der Waals surface area contributed by atoms with Crippen LogP contribution in [0.1, 0.15) is 50.9 Å². The van der Waals surface area contributed by atoms with Crippen LogP contribution in [0.5, 0.6) is 5.88 Å². The monoisotopic (exact) mass is 318 g/mol. The van der Waals surface area contributed by atoms with Crippen molar-refractivity contribution in [2.75, 3.05) is 13.2 Å². The minimum Gasteiger partial charge on any atom is -0.474 e. The van der Waals surface area contributed by atoms with Gasteiger partial charge in [0.2, 0.25) is 5.88 Å². The minimum atomic E-state index is -0.305. The molecule has 5 heteroatoms. The second-order valence-electron chi connectivity index (χ2n) is 6.28. The number of fused-ring (bicyclic) bond motifs is 1. The van der Waals surface area contributed by atoms with Crippen LogP contribution in [0.25, 0.3) is 10.9 Å². The molecule has 1 aliphatic heterocycles. The van der Waals surface area contributed by atoms with Crippen molar-refractivity contribution in [2.45, 2.75) is 52.1 Å². The van der Waals surface area contributed by atoms with E-state index in [9.17, 15) is 4.39 Å². The number of halogens is 1. The summed E-state index contributed by atoms with van der Waals surface area (Å²) in [5, 5.41) is 0.664. The van der Waals surface area contributed by atoms with Crippen molar-refractivity contribution in [2.24, 2.45) is 0 Å². The Morgan fingerprint density at radius 1 is 1.26 bits per heavy atom. The Morgan fingerprint density at radius 3 is 2.65 bits per heavy atom. The van der Waals surface area contributed by atoms with Crippen molar-refractivity contribution in [1.29, 1.82) is 0 Å². The van der Waals surface area contributed by atoms with Gasteiger partial charge < -0.3 is 9.47 Å². The fourth-order valence-electron chi connectivity index (χ4n) is 2.76. The van der Waals surface area contributed by atoms with Gasteiger partial charge in [0.25, 0.3) is 0 Å². The largest absolute Gasteiger partial charge is 0.474 e. The number of rotatable bonds is 4. The number of ether oxygens (including phenoxy) is 2. The maximum atomic E-state index is 14.5. The summed E-state index contributed by atoms with van der Waals surface area (Å²) >= 11 is 0. The lowest BCUT2D eigenvalue weighted by molar-refractivity contribution is 0.0243. The van der Waals surface area contributed by atoms with E-state index in [1.165, 1.54) is 0 Å². The molecule has 0 radical (unpaired) electrons. The van der Waals surface area contributed by atoms with Crippen LogP contribution in [0.2, 0.25) is 0 Å². The fourth-order valence-corrected chi connectivity index (χ4v) is 2.76. The molecular formula is C18H23FN2O2. The second-order valence-corrected chi connectivity index (χ2v) is 6.28. The lowest BCUT2D eigenvalue weighted by Crippen LogP contribution is -2.26. The van der Waals surface area contributed by atoms with Crippen LogP contribution in [0.4, 0.5) is 4.39 Å². The van der Waals surface area contributed by atoms with E-state index in [0.717, 1.165) is 18.4 Å². The lowest BCUT2D eigenvalue weighted by atomic mass is 10.0. The minimum absolute atomic E-state index is 0.0670. The van der Waals surface area contributed by atoms with Crippen molar-refractivity contribution in [1.82, 2.24) is 9.97 Å². The zero-order valence-corrected chi connectivity index (χ0v) is 13.9. The van der Waals surface area contributed by atoms with Gasteiger partial charge in [-0.25, -0.2) is 9.37 Å². The van der Waals surface area contributed by atoms with Crippen molar-refractivity contribution >= 4 is 10.9 Å². The van der Waals surface area contributed by atoms with E-state index < -0.39 is 0 Å². The Balaban J connectivity index is 2.08. The zero-order chi connectivity index (χ0) is 16.4. The molecule has 2 heterocycles. The van der Waals surface area contributed by atoms with Crippen LogP contribution in [-0.2, 0) is 11.2 Å². The summed E-state index contributed by atoms with van der Waals surface area (Å²) in [7, 11) is 0. The first-order valence-electron chi connectivity index (χ1n) is 8.33. The Morgan fingerprint density at radius 2 is 2.00 bits per heavy atom. The van der Waals surface area contributed by atoms with Gasteiger partial charge in [0.1, 0.15) is 23.3 Å². The third-order valence-electron chi connectivity index (χ3n) is 4.22. The zero-order valence-electron chi connectivity index (χ0n) is 13.9. The summed E-state index contributed by atoms with van der Waals surface area (Å²) in [6.07, 6.45) is 2.38. The second kappa shape index (κ2) is 6.79. The predicted molar refractivity (Wildman–Crippen MR) is 87.4 cm³/mol. The van der Waals surface area contributed by atoms with Crippen LogP contribution < -0.4 is 4.74 Å². The molecule has 4 nitrogen and oxygen atoms in total. The van der Waals surface area contributed by atoms with Gasteiger partial charge >= 0.3 is 0 Å². The highest BCUT2D eigenvalue weighted by molar-refractivity contribution is 5.85. The average molecular weight is 318 g/mol. The number of hydrogen-bond acceptors (Lipinski definition) is 4. The maximum absolute atomic E-state index is 14.5. The van der Waals surface area contributed by atoms with Gasteiger partial charge in [-0.3, -0.25) is 0 Å². The number of aromatic nitrogens is 2. The van der Waals surface area contributed by atoms with Gasteiger partial charge in [-0.1, -0.05) is 20.8 Å². The van der Waals surface area contributed by atoms with Crippen LogP contribution in [0.3, 0.4) is 0 Å². The van der Waals surface area contributed by atoms with Gasteiger partial charge in [0, 0.05) is 19.3 Å². The molecule has 124 valence electrons. The Labute approximate surface area is 136 Å². The van der Waals surface area contributed by atoms with Crippen LogP contribution in [0, 0.1) is 5.82 Å². The molecule has 0 aliphatic carbocycles. The molecule has 3 rings (SSSR count). The van der Waals surface area contributed by atoms with E-state index >= 15 is 0 Å². The third-order valence-corrected chi connectivity index (χ3v) is 4.22. The van der Waals surface area contributed by atoms with Crippen LogP contribution in [-0.4, -0.2) is 29.3 Å². The molecule has 0 atom stereocenters. The average Bonchev–Trinajstić information content (AvgIpc) is 2.56. The molecule has 0 spiro atoms. The molecule has 1 fully saturated rings. The molecule has 0 amide bonds. The number of benzene rings is 1. The van der Waals surface area contributed by atoms with Crippen LogP contribution >= 0.6 is 0 Å². The van der Waals surface area contributed by atoms with Gasteiger partial charge in [-0.15, -0.1) is 0 Å². The standard InChI is InChI=1S/C18H23FN2O2/c1-4-16-20-17-14(9-12(11(2)3)10-15(17)19)18(21-16)23-13-5-7-22-8-6-13/h9-11,13H,4-8H2,1-3H3. The summed E-state index contributed by atoms with van der Waals surface area (Å²) in [6.45, 7) is 7.43. The van der Waals surface area contributed by atoms with E-state index in [1.807, 2.05) is 26.8 Å². The first-order chi connectivity index (χ1) is 11.1. The van der Waals surface area contributed by atoms with E-state index in [1.54, 1.807) is 6.07 Å². The van der Waals surface area contributed by atoms with Gasteiger partial charge in [0.05, 0.1) is 18.6 Å². The summed E-state index contributed by atoms with van der Waals surface area (Å²) in [4.78, 5) is 8.87. The first-order valence-corrected chi connectivity index (χ1v) is 8.33. The maximum Gasteiger partial charge on any atom is 0.225 e. The Bertz CT molecular complexity index is 697.